The highest BCUT2D eigenvalue weighted by atomic mass is 16.5. The maximum atomic E-state index is 12.8. The molecule has 2 aromatic rings. The number of nitrogens with one attached hydrogen (secondary N) is 1. The molecule has 0 saturated heterocycles. The number of benzene rings is 2. The number of aryl methyl sites for hydroxylation is 1. The van der Waals surface area contributed by atoms with Crippen molar-refractivity contribution in [3.63, 3.8) is 0 Å². The van der Waals surface area contributed by atoms with Crippen LogP contribution in [-0.2, 0) is 16.0 Å². The van der Waals surface area contributed by atoms with Gasteiger partial charge in [-0.25, -0.2) is 4.79 Å². The summed E-state index contributed by atoms with van der Waals surface area (Å²) in [6.45, 7) is 4.20. The van der Waals surface area contributed by atoms with Gasteiger partial charge in [-0.1, -0.05) is 109 Å². The van der Waals surface area contributed by atoms with Crippen molar-refractivity contribution in [3.8, 4) is 5.75 Å². The predicted octanol–water partition coefficient (Wildman–Crippen LogP) is 8.90. The minimum absolute atomic E-state index is 0.239. The second-order valence-corrected chi connectivity index (χ2v) is 10.2. The molecule has 0 heterocycles. The Hall–Kier alpha value is -2.82. The molecular weight excluding hydrogens is 474 g/mol. The van der Waals surface area contributed by atoms with Crippen LogP contribution in [0.3, 0.4) is 0 Å². The molecule has 0 radical (unpaired) electrons. The van der Waals surface area contributed by atoms with Crippen molar-refractivity contribution < 1.29 is 19.1 Å². The Morgan fingerprint density at radius 2 is 1.37 bits per heavy atom. The van der Waals surface area contributed by atoms with E-state index < -0.39 is 12.1 Å². The number of esters is 1. The molecule has 0 bridgehead atoms. The van der Waals surface area contributed by atoms with Crippen LogP contribution in [0.1, 0.15) is 120 Å². The third-order valence-corrected chi connectivity index (χ3v) is 6.96. The van der Waals surface area contributed by atoms with Crippen LogP contribution in [0.15, 0.2) is 48.5 Å². The smallest absolute Gasteiger partial charge is 0.337 e. The lowest BCUT2D eigenvalue weighted by atomic mass is 10.0. The number of hydrogen-bond acceptors (Lipinski definition) is 4. The summed E-state index contributed by atoms with van der Waals surface area (Å²) in [6, 6.07) is 14.8. The lowest BCUT2D eigenvalue weighted by Crippen LogP contribution is -2.32. The molecule has 0 aliphatic heterocycles. The van der Waals surface area contributed by atoms with Gasteiger partial charge in [-0.2, -0.15) is 0 Å². The standard InChI is InChI=1S/C33H49NO4/c1-4-6-7-8-9-10-11-12-13-14-15-16-17-20-27-21-18-24-30(25-27)38-31(5-2)32(35)34-29-23-19-22-28(26-29)33(36)37-3/h18-19,21-26,31H,4-17,20H2,1-3H3,(H,34,35). The fourth-order valence-electron chi connectivity index (χ4n) is 4.67. The van der Waals surface area contributed by atoms with Crippen molar-refractivity contribution in [3.05, 3.63) is 59.7 Å². The van der Waals surface area contributed by atoms with Crippen molar-refractivity contribution in [2.75, 3.05) is 12.4 Å². The summed E-state index contributed by atoms with van der Waals surface area (Å²) in [4.78, 5) is 24.6. The molecular formula is C33H49NO4. The number of rotatable bonds is 20. The Morgan fingerprint density at radius 3 is 1.97 bits per heavy atom. The van der Waals surface area contributed by atoms with Gasteiger partial charge < -0.3 is 14.8 Å². The van der Waals surface area contributed by atoms with Gasteiger partial charge in [0.1, 0.15) is 5.75 Å². The van der Waals surface area contributed by atoms with Gasteiger partial charge in [0.25, 0.3) is 5.91 Å². The Kier molecular flexibility index (Phi) is 15.9. The van der Waals surface area contributed by atoms with Crippen LogP contribution in [0.4, 0.5) is 5.69 Å². The summed E-state index contributed by atoms with van der Waals surface area (Å²) >= 11 is 0. The molecule has 0 saturated carbocycles. The number of carbonyl (C=O) groups excluding carboxylic acids is 2. The Morgan fingerprint density at radius 1 is 0.763 bits per heavy atom. The summed E-state index contributed by atoms with van der Waals surface area (Å²) < 4.78 is 10.8. The number of carbonyl (C=O) groups is 2. The molecule has 1 unspecified atom stereocenters. The Balaban J connectivity index is 1.67. The molecule has 1 N–H and O–H groups in total. The summed E-state index contributed by atoms with van der Waals surface area (Å²) in [6.07, 6.45) is 18.5. The second-order valence-electron chi connectivity index (χ2n) is 10.2. The van der Waals surface area contributed by atoms with Crippen molar-refractivity contribution in [2.24, 2.45) is 0 Å². The fraction of sp³-hybridized carbons (Fsp3) is 0.576. The lowest BCUT2D eigenvalue weighted by molar-refractivity contribution is -0.122. The SMILES string of the molecule is CCCCCCCCCCCCCCCc1cccc(OC(CC)C(=O)Nc2cccc(C(=O)OC)c2)c1. The van der Waals surface area contributed by atoms with Crippen LogP contribution in [0.25, 0.3) is 0 Å². The zero-order valence-corrected chi connectivity index (χ0v) is 23.9. The van der Waals surface area contributed by atoms with E-state index in [0.29, 0.717) is 23.4 Å². The molecule has 0 aliphatic carbocycles. The Bertz CT molecular complexity index is 942. The predicted molar refractivity (Wildman–Crippen MR) is 157 cm³/mol. The van der Waals surface area contributed by atoms with Gasteiger partial charge in [-0.3, -0.25) is 4.79 Å². The first kappa shape index (κ1) is 31.4. The van der Waals surface area contributed by atoms with E-state index in [0.717, 1.165) is 6.42 Å². The zero-order chi connectivity index (χ0) is 27.4. The topological polar surface area (TPSA) is 64.6 Å². The number of anilines is 1. The number of amides is 1. The summed E-state index contributed by atoms with van der Waals surface area (Å²) in [7, 11) is 1.33. The first-order chi connectivity index (χ1) is 18.6. The maximum Gasteiger partial charge on any atom is 0.337 e. The van der Waals surface area contributed by atoms with E-state index in [1.807, 2.05) is 25.1 Å². The molecule has 2 rings (SSSR count). The second kappa shape index (κ2) is 19.3. The average molecular weight is 524 g/mol. The monoisotopic (exact) mass is 523 g/mol. The van der Waals surface area contributed by atoms with E-state index in [1.54, 1.807) is 24.3 Å². The Labute approximate surface area is 230 Å². The molecule has 210 valence electrons. The first-order valence-corrected chi connectivity index (χ1v) is 14.8. The molecule has 0 aliphatic rings. The van der Waals surface area contributed by atoms with E-state index in [-0.39, 0.29) is 5.91 Å². The largest absolute Gasteiger partial charge is 0.481 e. The van der Waals surface area contributed by atoms with Crippen molar-refractivity contribution in [2.45, 2.75) is 116 Å². The van der Waals surface area contributed by atoms with Gasteiger partial charge in [-0.15, -0.1) is 0 Å². The van der Waals surface area contributed by atoms with Gasteiger partial charge >= 0.3 is 5.97 Å². The zero-order valence-electron chi connectivity index (χ0n) is 23.9. The molecule has 5 nitrogen and oxygen atoms in total. The average Bonchev–Trinajstić information content (AvgIpc) is 2.94. The van der Waals surface area contributed by atoms with Gasteiger partial charge in [0.15, 0.2) is 6.10 Å². The van der Waals surface area contributed by atoms with Crippen LogP contribution in [0.5, 0.6) is 5.75 Å². The van der Waals surface area contributed by atoms with Crippen molar-refractivity contribution >= 4 is 17.6 Å². The van der Waals surface area contributed by atoms with Gasteiger partial charge in [-0.05, 0) is 55.2 Å². The number of ether oxygens (including phenoxy) is 2. The highest BCUT2D eigenvalue weighted by molar-refractivity contribution is 5.96. The molecule has 38 heavy (non-hydrogen) atoms. The summed E-state index contributed by atoms with van der Waals surface area (Å²) in [5.41, 5.74) is 2.17. The normalized spacial score (nSPS) is 11.7. The van der Waals surface area contributed by atoms with E-state index in [2.05, 4.69) is 18.3 Å². The highest BCUT2D eigenvalue weighted by Gasteiger charge is 2.19. The lowest BCUT2D eigenvalue weighted by Gasteiger charge is -2.18. The molecule has 0 fully saturated rings. The number of methoxy groups -OCH3 is 1. The molecule has 0 aromatic heterocycles. The van der Waals surface area contributed by atoms with Crippen LogP contribution in [0, 0.1) is 0 Å². The number of unbranched alkanes of at least 4 members (excludes halogenated alkanes) is 12. The molecule has 0 spiro atoms. The van der Waals surface area contributed by atoms with Gasteiger partial charge in [0.05, 0.1) is 12.7 Å². The van der Waals surface area contributed by atoms with Crippen LogP contribution < -0.4 is 10.1 Å². The van der Waals surface area contributed by atoms with Crippen molar-refractivity contribution in [1.82, 2.24) is 0 Å². The van der Waals surface area contributed by atoms with E-state index in [9.17, 15) is 9.59 Å². The van der Waals surface area contributed by atoms with Crippen LogP contribution in [-0.4, -0.2) is 25.1 Å². The van der Waals surface area contributed by atoms with E-state index >= 15 is 0 Å². The molecule has 1 atom stereocenters. The minimum atomic E-state index is -0.622. The third-order valence-electron chi connectivity index (χ3n) is 6.96. The third kappa shape index (κ3) is 12.6. The number of hydrogen-bond donors (Lipinski definition) is 1. The summed E-state index contributed by atoms with van der Waals surface area (Å²) in [5, 5.41) is 2.86. The molecule has 2 aromatic carbocycles. The van der Waals surface area contributed by atoms with E-state index in [1.165, 1.54) is 96.1 Å². The molecule has 5 heteroatoms. The highest BCUT2D eigenvalue weighted by Crippen LogP contribution is 2.20. The summed E-state index contributed by atoms with van der Waals surface area (Å²) in [5.74, 6) is 0.0311. The van der Waals surface area contributed by atoms with Crippen molar-refractivity contribution in [1.29, 1.82) is 0 Å². The minimum Gasteiger partial charge on any atom is -0.481 e. The van der Waals surface area contributed by atoms with Gasteiger partial charge in [0.2, 0.25) is 0 Å². The maximum absolute atomic E-state index is 12.8. The van der Waals surface area contributed by atoms with Crippen LogP contribution >= 0.6 is 0 Å². The fourth-order valence-corrected chi connectivity index (χ4v) is 4.67. The van der Waals surface area contributed by atoms with E-state index in [4.69, 9.17) is 9.47 Å². The van der Waals surface area contributed by atoms with Gasteiger partial charge in [0, 0.05) is 5.69 Å². The quantitative estimate of drug-likeness (QED) is 0.139. The first-order valence-electron chi connectivity index (χ1n) is 14.8. The molecule has 1 amide bonds. The van der Waals surface area contributed by atoms with Crippen LogP contribution in [0.2, 0.25) is 0 Å².